The number of hydrogen-bond donors (Lipinski definition) is 0. The summed E-state index contributed by atoms with van der Waals surface area (Å²) in [7, 11) is 4.01. The zero-order valence-corrected chi connectivity index (χ0v) is 16.9. The van der Waals surface area contributed by atoms with Crippen LogP contribution in [0.1, 0.15) is 0 Å². The van der Waals surface area contributed by atoms with Gasteiger partial charge in [-0.05, 0) is 23.3 Å². The molecule has 0 aliphatic carbocycles. The van der Waals surface area contributed by atoms with Gasteiger partial charge in [-0.1, -0.05) is 30.3 Å². The Hall–Kier alpha value is -4.06. The molecule has 1 aromatic carbocycles. The van der Waals surface area contributed by atoms with Crippen molar-refractivity contribution in [1.82, 2.24) is 19.1 Å². The Labute approximate surface area is 175 Å². The lowest BCUT2D eigenvalue weighted by Crippen LogP contribution is -2.24. The lowest BCUT2D eigenvalue weighted by atomic mass is 10.0. The highest BCUT2D eigenvalue weighted by molar-refractivity contribution is 5.70. The Bertz CT molecular complexity index is 1240. The molecule has 5 aromatic rings. The first kappa shape index (κ1) is 18.0. The van der Waals surface area contributed by atoms with Gasteiger partial charge in [-0.3, -0.25) is 4.98 Å². The first-order valence-corrected chi connectivity index (χ1v) is 9.77. The van der Waals surface area contributed by atoms with E-state index in [0.717, 1.165) is 34.0 Å². The molecular formula is C24H22N6+2. The molecule has 4 aromatic heterocycles. The quantitative estimate of drug-likeness (QED) is 0.440. The van der Waals surface area contributed by atoms with Crippen molar-refractivity contribution in [1.29, 1.82) is 0 Å². The zero-order chi connectivity index (χ0) is 20.5. The summed E-state index contributed by atoms with van der Waals surface area (Å²) >= 11 is 0. The lowest BCUT2D eigenvalue weighted by molar-refractivity contribution is -0.670. The second-order valence-electron chi connectivity index (χ2n) is 7.34. The summed E-state index contributed by atoms with van der Waals surface area (Å²) in [6.07, 6.45) is 13.9. The van der Waals surface area contributed by atoms with Crippen LogP contribution in [0.3, 0.4) is 0 Å². The van der Waals surface area contributed by atoms with Crippen molar-refractivity contribution in [2.24, 2.45) is 14.1 Å². The Kier molecular flexibility index (Phi) is 4.44. The number of pyridine rings is 2. The maximum absolute atomic E-state index is 4.88. The summed E-state index contributed by atoms with van der Waals surface area (Å²) in [5.74, 6) is 1.74. The van der Waals surface area contributed by atoms with Crippen LogP contribution in [-0.4, -0.2) is 19.1 Å². The van der Waals surface area contributed by atoms with Crippen molar-refractivity contribution >= 4 is 0 Å². The number of imidazole rings is 2. The third kappa shape index (κ3) is 3.51. The number of nitrogens with zero attached hydrogens (tertiary/aromatic N) is 6. The normalized spacial score (nSPS) is 11.0. The molecule has 0 radical (unpaired) electrons. The largest absolute Gasteiger partial charge is 0.256 e. The number of aromatic nitrogens is 6. The molecule has 30 heavy (non-hydrogen) atoms. The van der Waals surface area contributed by atoms with Crippen LogP contribution in [-0.2, 0) is 14.1 Å². The fourth-order valence-corrected chi connectivity index (χ4v) is 3.47. The molecule has 4 heterocycles. The van der Waals surface area contributed by atoms with E-state index in [1.54, 1.807) is 0 Å². The number of hydrogen-bond acceptors (Lipinski definition) is 2. The van der Waals surface area contributed by atoms with Gasteiger partial charge in [0.2, 0.25) is 24.3 Å². The van der Waals surface area contributed by atoms with Crippen molar-refractivity contribution in [3.63, 3.8) is 0 Å². The van der Waals surface area contributed by atoms with Crippen molar-refractivity contribution in [2.45, 2.75) is 0 Å². The van der Waals surface area contributed by atoms with Gasteiger partial charge in [0.1, 0.15) is 24.8 Å². The smallest absolute Gasteiger partial charge is 0.250 e. The topological polar surface area (TPSA) is 43.4 Å². The van der Waals surface area contributed by atoms with Gasteiger partial charge in [0.25, 0.3) is 0 Å². The summed E-state index contributed by atoms with van der Waals surface area (Å²) in [5, 5.41) is 0. The van der Waals surface area contributed by atoms with Crippen molar-refractivity contribution < 1.29 is 9.13 Å². The number of rotatable bonds is 4. The van der Waals surface area contributed by atoms with Gasteiger partial charge in [0, 0.05) is 23.9 Å². The summed E-state index contributed by atoms with van der Waals surface area (Å²) in [5.41, 5.74) is 4.31. The van der Waals surface area contributed by atoms with Gasteiger partial charge in [-0.2, -0.15) is 14.1 Å². The average molecular weight is 394 g/mol. The lowest BCUT2D eigenvalue weighted by Gasteiger charge is -2.07. The Morgan fingerprint density at radius 3 is 1.80 bits per heavy atom. The molecular weight excluding hydrogens is 372 g/mol. The molecule has 0 saturated carbocycles. The van der Waals surface area contributed by atoms with E-state index in [4.69, 9.17) is 4.98 Å². The van der Waals surface area contributed by atoms with E-state index >= 15 is 0 Å². The highest BCUT2D eigenvalue weighted by atomic mass is 15.2. The molecule has 6 heteroatoms. The van der Waals surface area contributed by atoms with Crippen LogP contribution >= 0.6 is 0 Å². The van der Waals surface area contributed by atoms with E-state index in [1.807, 2.05) is 94.2 Å². The Morgan fingerprint density at radius 1 is 0.700 bits per heavy atom. The van der Waals surface area contributed by atoms with Gasteiger partial charge < -0.3 is 0 Å². The number of benzene rings is 1. The van der Waals surface area contributed by atoms with Crippen LogP contribution in [0.4, 0.5) is 0 Å². The van der Waals surface area contributed by atoms with Gasteiger partial charge in [0.05, 0.1) is 19.8 Å². The predicted molar refractivity (Wildman–Crippen MR) is 114 cm³/mol. The molecule has 0 atom stereocenters. The maximum Gasteiger partial charge on any atom is 0.250 e. The molecule has 0 aliphatic rings. The maximum atomic E-state index is 4.88. The molecule has 0 amide bonds. The molecule has 0 unspecified atom stereocenters. The van der Waals surface area contributed by atoms with E-state index in [0.29, 0.717) is 0 Å². The summed E-state index contributed by atoms with van der Waals surface area (Å²) in [4.78, 5) is 9.32. The zero-order valence-electron chi connectivity index (χ0n) is 16.9. The van der Waals surface area contributed by atoms with Crippen molar-refractivity contribution in [3.8, 4) is 34.0 Å². The summed E-state index contributed by atoms with van der Waals surface area (Å²) in [6.45, 7) is 0. The van der Waals surface area contributed by atoms with Crippen molar-refractivity contribution in [2.75, 3.05) is 0 Å². The molecule has 0 fully saturated rings. The first-order chi connectivity index (χ1) is 14.7. The highest BCUT2D eigenvalue weighted by Gasteiger charge is 2.15. The predicted octanol–water partition coefficient (Wildman–Crippen LogP) is 3.04. The standard InChI is InChI=1S/C24H22N6/c1-27-11-13-29(17-27)23-15-21(16-24(26-23)30-14-12-28(2)18-30)19-6-8-20(9-7-19)22-5-3-4-10-25-22/h3-18H,1-2H3/q+2. The van der Waals surface area contributed by atoms with Crippen LogP contribution < -0.4 is 9.13 Å². The van der Waals surface area contributed by atoms with E-state index in [-0.39, 0.29) is 0 Å². The molecule has 0 aliphatic heterocycles. The Morgan fingerprint density at radius 2 is 1.30 bits per heavy atom. The minimum absolute atomic E-state index is 0.869. The molecule has 0 saturated heterocycles. The van der Waals surface area contributed by atoms with E-state index in [1.165, 1.54) is 0 Å². The van der Waals surface area contributed by atoms with Gasteiger partial charge >= 0.3 is 0 Å². The fourth-order valence-electron chi connectivity index (χ4n) is 3.47. The Balaban J connectivity index is 1.60. The van der Waals surface area contributed by atoms with Crippen LogP contribution in [0, 0.1) is 0 Å². The molecule has 146 valence electrons. The van der Waals surface area contributed by atoms with Crippen LogP contribution in [0.15, 0.2) is 98.2 Å². The van der Waals surface area contributed by atoms with Crippen LogP contribution in [0.2, 0.25) is 0 Å². The second-order valence-corrected chi connectivity index (χ2v) is 7.34. The van der Waals surface area contributed by atoms with E-state index < -0.39 is 0 Å². The number of aryl methyl sites for hydroxylation is 2. The third-order valence-electron chi connectivity index (χ3n) is 5.04. The minimum Gasteiger partial charge on any atom is -0.256 e. The average Bonchev–Trinajstić information content (AvgIpc) is 3.42. The molecule has 0 N–H and O–H groups in total. The van der Waals surface area contributed by atoms with Gasteiger partial charge in [-0.15, -0.1) is 0 Å². The van der Waals surface area contributed by atoms with Crippen molar-refractivity contribution in [3.05, 3.63) is 98.2 Å². The van der Waals surface area contributed by atoms with Crippen LogP contribution in [0.5, 0.6) is 0 Å². The summed E-state index contributed by atoms with van der Waals surface area (Å²) < 4.78 is 8.06. The second kappa shape index (κ2) is 7.40. The third-order valence-corrected chi connectivity index (χ3v) is 5.04. The monoisotopic (exact) mass is 394 g/mol. The summed E-state index contributed by atoms with van der Waals surface area (Å²) in [6, 6.07) is 18.7. The van der Waals surface area contributed by atoms with Gasteiger partial charge in [0.15, 0.2) is 0 Å². The minimum atomic E-state index is 0.869. The molecule has 6 nitrogen and oxygen atoms in total. The van der Waals surface area contributed by atoms with E-state index in [2.05, 4.69) is 41.4 Å². The molecule has 5 rings (SSSR count). The van der Waals surface area contributed by atoms with Gasteiger partial charge in [-0.25, -0.2) is 9.13 Å². The SMILES string of the molecule is C[n+]1ccn(-c2cc(-c3ccc(-c4ccccn4)cc3)cc(-n3cc[n+](C)c3)n2)c1. The first-order valence-electron chi connectivity index (χ1n) is 9.77. The molecule has 0 bridgehead atoms. The van der Waals surface area contributed by atoms with Crippen LogP contribution in [0.25, 0.3) is 34.0 Å². The fraction of sp³-hybridized carbons (Fsp3) is 0.0833. The van der Waals surface area contributed by atoms with E-state index in [9.17, 15) is 0 Å². The highest BCUT2D eigenvalue weighted by Crippen LogP contribution is 2.26. The molecule has 0 spiro atoms.